The van der Waals surface area contributed by atoms with E-state index in [1.807, 2.05) is 0 Å². The zero-order chi connectivity index (χ0) is 9.90. The van der Waals surface area contributed by atoms with Gasteiger partial charge in [0, 0.05) is 22.6 Å². The second-order valence-corrected chi connectivity index (χ2v) is 5.91. The molecule has 1 aliphatic heterocycles. The van der Waals surface area contributed by atoms with Crippen LogP contribution in [0.4, 0.5) is 0 Å². The minimum Gasteiger partial charge on any atom is -0.307 e. The third kappa shape index (κ3) is 3.17. The average Bonchev–Trinajstić information content (AvgIpc) is 2.04. The van der Waals surface area contributed by atoms with Gasteiger partial charge in [-0.1, -0.05) is 20.3 Å². The van der Waals surface area contributed by atoms with Crippen LogP contribution >= 0.6 is 11.8 Å². The Morgan fingerprint density at radius 1 is 1.38 bits per heavy atom. The van der Waals surface area contributed by atoms with Gasteiger partial charge in [-0.2, -0.15) is 11.8 Å². The maximum absolute atomic E-state index is 3.77. The normalized spacial score (nSPS) is 33.2. The van der Waals surface area contributed by atoms with Crippen molar-refractivity contribution in [3.05, 3.63) is 0 Å². The fraction of sp³-hybridized carbons (Fsp3) is 1.00. The lowest BCUT2D eigenvalue weighted by Gasteiger charge is -2.41. The molecule has 0 aromatic heterocycles. The first-order chi connectivity index (χ1) is 6.09. The highest BCUT2D eigenvalue weighted by atomic mass is 32.2. The van der Waals surface area contributed by atoms with Crippen molar-refractivity contribution in [1.82, 2.24) is 5.32 Å². The summed E-state index contributed by atoms with van der Waals surface area (Å²) in [6.07, 6.45) is 3.93. The Kier molecular flexibility index (Phi) is 4.11. The minimum absolute atomic E-state index is 0.343. The van der Waals surface area contributed by atoms with Crippen molar-refractivity contribution >= 4 is 11.8 Å². The van der Waals surface area contributed by atoms with Gasteiger partial charge in [0.2, 0.25) is 0 Å². The Balaban J connectivity index is 2.52. The lowest BCUT2D eigenvalue weighted by Crippen LogP contribution is -2.55. The van der Waals surface area contributed by atoms with Crippen LogP contribution in [-0.2, 0) is 0 Å². The molecule has 2 heteroatoms. The van der Waals surface area contributed by atoms with Crippen LogP contribution in [0, 0.1) is 0 Å². The quantitative estimate of drug-likeness (QED) is 0.753. The first-order valence-corrected chi connectivity index (χ1v) is 6.53. The van der Waals surface area contributed by atoms with Gasteiger partial charge in [0.05, 0.1) is 0 Å². The van der Waals surface area contributed by atoms with Gasteiger partial charge in [-0.25, -0.2) is 0 Å². The maximum Gasteiger partial charge on any atom is 0.0218 e. The summed E-state index contributed by atoms with van der Waals surface area (Å²) < 4.78 is 0. The largest absolute Gasteiger partial charge is 0.307 e. The molecule has 0 aliphatic carbocycles. The average molecular weight is 201 g/mol. The summed E-state index contributed by atoms with van der Waals surface area (Å²) in [5, 5.41) is 4.61. The van der Waals surface area contributed by atoms with Gasteiger partial charge in [0.25, 0.3) is 0 Å². The summed E-state index contributed by atoms with van der Waals surface area (Å²) in [7, 11) is 0. The Bertz CT molecular complexity index is 156. The van der Waals surface area contributed by atoms with Crippen LogP contribution in [0.25, 0.3) is 0 Å². The molecular formula is C11H23NS. The predicted octanol–water partition coefficient (Wildman–Crippen LogP) is 3.05. The molecule has 0 spiro atoms. The van der Waals surface area contributed by atoms with Crippen LogP contribution in [0.3, 0.4) is 0 Å². The monoisotopic (exact) mass is 201 g/mol. The molecule has 0 aromatic rings. The summed E-state index contributed by atoms with van der Waals surface area (Å²) in [6.45, 7) is 9.21. The van der Waals surface area contributed by atoms with Crippen molar-refractivity contribution in [3.63, 3.8) is 0 Å². The highest BCUT2D eigenvalue weighted by molar-refractivity contribution is 8.00. The number of hydrogen-bond acceptors (Lipinski definition) is 2. The van der Waals surface area contributed by atoms with E-state index in [-0.39, 0.29) is 0 Å². The first kappa shape index (κ1) is 11.4. The van der Waals surface area contributed by atoms with Crippen molar-refractivity contribution in [1.29, 1.82) is 0 Å². The summed E-state index contributed by atoms with van der Waals surface area (Å²) in [6, 6.07) is 0.740. The van der Waals surface area contributed by atoms with Gasteiger partial charge in [-0.05, 0) is 26.7 Å². The van der Waals surface area contributed by atoms with Crippen LogP contribution in [0.2, 0.25) is 0 Å². The Hall–Kier alpha value is 0.310. The molecule has 1 aliphatic rings. The van der Waals surface area contributed by atoms with Crippen LogP contribution in [-0.4, -0.2) is 22.6 Å². The van der Waals surface area contributed by atoms with Crippen molar-refractivity contribution in [3.8, 4) is 0 Å². The number of hydrogen-bond donors (Lipinski definition) is 1. The van der Waals surface area contributed by atoms with E-state index in [0.29, 0.717) is 5.54 Å². The lowest BCUT2D eigenvalue weighted by molar-refractivity contribution is 0.324. The molecule has 1 rings (SSSR count). The highest BCUT2D eigenvalue weighted by Crippen LogP contribution is 2.30. The summed E-state index contributed by atoms with van der Waals surface area (Å²) >= 11 is 2.16. The number of thioether (sulfide) groups is 1. The van der Waals surface area contributed by atoms with Gasteiger partial charge >= 0.3 is 0 Å². The SMILES string of the molecule is CCCC1NC(C)(C)CSC1CC. The molecule has 0 aromatic carbocycles. The molecule has 2 atom stereocenters. The molecule has 1 saturated heterocycles. The van der Waals surface area contributed by atoms with E-state index in [2.05, 4.69) is 44.8 Å². The van der Waals surface area contributed by atoms with Gasteiger partial charge in [0.1, 0.15) is 0 Å². The first-order valence-electron chi connectivity index (χ1n) is 5.48. The zero-order valence-corrected chi connectivity index (χ0v) is 10.2. The molecule has 0 radical (unpaired) electrons. The van der Waals surface area contributed by atoms with Crippen molar-refractivity contribution in [2.45, 2.75) is 63.8 Å². The molecule has 1 fully saturated rings. The third-order valence-corrected chi connectivity index (χ3v) is 4.66. The van der Waals surface area contributed by atoms with Gasteiger partial charge < -0.3 is 5.32 Å². The number of nitrogens with one attached hydrogen (secondary N) is 1. The highest BCUT2D eigenvalue weighted by Gasteiger charge is 2.32. The van der Waals surface area contributed by atoms with Gasteiger partial charge in [-0.3, -0.25) is 0 Å². The Morgan fingerprint density at radius 2 is 2.08 bits per heavy atom. The molecule has 1 N–H and O–H groups in total. The molecule has 78 valence electrons. The van der Waals surface area contributed by atoms with E-state index in [1.165, 1.54) is 25.0 Å². The van der Waals surface area contributed by atoms with Crippen LogP contribution < -0.4 is 5.32 Å². The summed E-state index contributed by atoms with van der Waals surface area (Å²) in [5.74, 6) is 1.26. The molecule has 2 unspecified atom stereocenters. The van der Waals surface area contributed by atoms with E-state index >= 15 is 0 Å². The Labute approximate surface area is 87.1 Å². The van der Waals surface area contributed by atoms with Crippen molar-refractivity contribution in [2.24, 2.45) is 0 Å². The second kappa shape index (κ2) is 4.70. The maximum atomic E-state index is 3.77. The molecule has 0 bridgehead atoms. The fourth-order valence-corrected chi connectivity index (χ4v) is 3.43. The van der Waals surface area contributed by atoms with Crippen LogP contribution in [0.15, 0.2) is 0 Å². The van der Waals surface area contributed by atoms with E-state index in [1.54, 1.807) is 0 Å². The zero-order valence-electron chi connectivity index (χ0n) is 9.39. The van der Waals surface area contributed by atoms with Crippen LogP contribution in [0.5, 0.6) is 0 Å². The molecule has 13 heavy (non-hydrogen) atoms. The lowest BCUT2D eigenvalue weighted by atomic mass is 10.00. The standard InChI is InChI=1S/C11H23NS/c1-5-7-9-10(6-2)13-8-11(3,4)12-9/h9-10,12H,5-8H2,1-4H3. The minimum atomic E-state index is 0.343. The van der Waals surface area contributed by atoms with Crippen molar-refractivity contribution < 1.29 is 0 Å². The smallest absolute Gasteiger partial charge is 0.0218 e. The van der Waals surface area contributed by atoms with Crippen LogP contribution in [0.1, 0.15) is 47.0 Å². The van der Waals surface area contributed by atoms with Gasteiger partial charge in [0.15, 0.2) is 0 Å². The van der Waals surface area contributed by atoms with E-state index in [4.69, 9.17) is 0 Å². The molecule has 1 nitrogen and oxygen atoms in total. The van der Waals surface area contributed by atoms with E-state index in [9.17, 15) is 0 Å². The Morgan fingerprint density at radius 3 is 2.62 bits per heavy atom. The second-order valence-electron chi connectivity index (χ2n) is 4.68. The molecule has 0 amide bonds. The third-order valence-electron chi connectivity index (χ3n) is 2.69. The van der Waals surface area contributed by atoms with Gasteiger partial charge in [-0.15, -0.1) is 0 Å². The summed E-state index contributed by atoms with van der Waals surface area (Å²) in [4.78, 5) is 0. The molecule has 1 heterocycles. The number of rotatable bonds is 3. The molecular weight excluding hydrogens is 178 g/mol. The van der Waals surface area contributed by atoms with Crippen molar-refractivity contribution in [2.75, 3.05) is 5.75 Å². The fourth-order valence-electron chi connectivity index (χ4n) is 2.04. The summed E-state index contributed by atoms with van der Waals surface area (Å²) in [5.41, 5.74) is 0.343. The van der Waals surface area contributed by atoms with E-state index in [0.717, 1.165) is 11.3 Å². The molecule has 0 saturated carbocycles. The predicted molar refractivity (Wildman–Crippen MR) is 62.4 cm³/mol. The van der Waals surface area contributed by atoms with E-state index < -0.39 is 0 Å². The topological polar surface area (TPSA) is 12.0 Å².